The second kappa shape index (κ2) is 4.63. The van der Waals surface area contributed by atoms with Crippen LogP contribution in [0.3, 0.4) is 0 Å². The van der Waals surface area contributed by atoms with E-state index in [2.05, 4.69) is 15.6 Å². The van der Waals surface area contributed by atoms with Crippen LogP contribution in [0.15, 0.2) is 24.4 Å². The van der Waals surface area contributed by atoms with Gasteiger partial charge in [0.2, 0.25) is 5.91 Å². The van der Waals surface area contributed by atoms with Crippen LogP contribution >= 0.6 is 11.6 Å². The van der Waals surface area contributed by atoms with E-state index in [1.807, 2.05) is 18.2 Å². The number of halogens is 1. The first-order valence-electron chi connectivity index (χ1n) is 6.00. The number of H-pyrrole nitrogens is 1. The van der Waals surface area contributed by atoms with E-state index in [1.54, 1.807) is 6.20 Å². The first-order valence-corrected chi connectivity index (χ1v) is 6.38. The maximum absolute atomic E-state index is 11.7. The molecular formula is C13H14ClN3O. The molecule has 1 saturated heterocycles. The van der Waals surface area contributed by atoms with Crippen molar-refractivity contribution in [2.24, 2.45) is 0 Å². The van der Waals surface area contributed by atoms with E-state index in [0.29, 0.717) is 11.6 Å². The maximum atomic E-state index is 11.7. The minimum Gasteiger partial charge on any atom is -0.360 e. The molecule has 0 bridgehead atoms. The van der Waals surface area contributed by atoms with Gasteiger partial charge in [-0.1, -0.05) is 17.7 Å². The van der Waals surface area contributed by atoms with Gasteiger partial charge in [0.15, 0.2) is 0 Å². The van der Waals surface area contributed by atoms with Crippen molar-refractivity contribution in [1.29, 1.82) is 0 Å². The quantitative estimate of drug-likeness (QED) is 0.791. The van der Waals surface area contributed by atoms with E-state index in [4.69, 9.17) is 11.6 Å². The first kappa shape index (κ1) is 11.6. The summed E-state index contributed by atoms with van der Waals surface area (Å²) in [6.07, 6.45) is 2.70. The van der Waals surface area contributed by atoms with Gasteiger partial charge in [0.25, 0.3) is 0 Å². The van der Waals surface area contributed by atoms with Crippen LogP contribution in [-0.4, -0.2) is 23.5 Å². The van der Waals surface area contributed by atoms with Crippen LogP contribution in [-0.2, 0) is 11.3 Å². The molecule has 1 amide bonds. The van der Waals surface area contributed by atoms with Crippen molar-refractivity contribution in [2.45, 2.75) is 19.0 Å². The Kier molecular flexibility index (Phi) is 2.97. The summed E-state index contributed by atoms with van der Waals surface area (Å²) in [6, 6.07) is 5.96. The van der Waals surface area contributed by atoms with Gasteiger partial charge in [-0.15, -0.1) is 0 Å². The Morgan fingerprint density at radius 2 is 2.33 bits per heavy atom. The Balaban J connectivity index is 1.70. The smallest absolute Gasteiger partial charge is 0.237 e. The number of benzene rings is 1. The van der Waals surface area contributed by atoms with Crippen molar-refractivity contribution in [3.63, 3.8) is 0 Å². The third kappa shape index (κ3) is 2.09. The fourth-order valence-electron chi connectivity index (χ4n) is 2.07. The molecule has 3 rings (SSSR count). The molecule has 1 aromatic heterocycles. The predicted molar refractivity (Wildman–Crippen MR) is 71.6 cm³/mol. The minimum absolute atomic E-state index is 0.00965. The summed E-state index contributed by atoms with van der Waals surface area (Å²) in [4.78, 5) is 14.8. The number of carbonyl (C=O) groups excluding carboxylic acids is 1. The number of nitrogens with one attached hydrogen (secondary N) is 3. The topological polar surface area (TPSA) is 56.9 Å². The predicted octanol–water partition coefficient (Wildman–Crippen LogP) is 1.80. The number of fused-ring (bicyclic) bond motifs is 1. The fraction of sp³-hybridized carbons (Fsp3) is 0.308. The molecule has 1 aromatic carbocycles. The second-order valence-corrected chi connectivity index (χ2v) is 4.94. The largest absolute Gasteiger partial charge is 0.360 e. The molecule has 1 fully saturated rings. The summed E-state index contributed by atoms with van der Waals surface area (Å²) >= 11 is 6.06. The summed E-state index contributed by atoms with van der Waals surface area (Å²) in [5.41, 5.74) is 2.06. The van der Waals surface area contributed by atoms with E-state index in [9.17, 15) is 4.79 Å². The Morgan fingerprint density at radius 3 is 3.06 bits per heavy atom. The molecule has 1 unspecified atom stereocenters. The lowest BCUT2D eigenvalue weighted by molar-refractivity contribution is -0.124. The van der Waals surface area contributed by atoms with Crippen LogP contribution in [0.1, 0.15) is 12.0 Å². The number of rotatable bonds is 3. The molecule has 1 aliphatic rings. The molecule has 2 heterocycles. The van der Waals surface area contributed by atoms with Crippen molar-refractivity contribution in [3.8, 4) is 0 Å². The van der Waals surface area contributed by atoms with Gasteiger partial charge in [-0.05, 0) is 30.7 Å². The SMILES string of the molecule is O=C(NCc1ccc2[nH]cc(Cl)c2c1)C1CCN1. The molecule has 0 radical (unpaired) electrons. The van der Waals surface area contributed by atoms with E-state index < -0.39 is 0 Å². The highest BCUT2D eigenvalue weighted by Crippen LogP contribution is 2.23. The standard InChI is InChI=1S/C13H14ClN3O/c14-10-7-16-11-2-1-8(5-9(10)11)6-17-13(18)12-3-4-15-12/h1-2,5,7,12,15-16H,3-4,6H2,(H,17,18). The fourth-order valence-corrected chi connectivity index (χ4v) is 2.28. The minimum atomic E-state index is -0.00965. The molecule has 4 nitrogen and oxygen atoms in total. The average Bonchev–Trinajstić information content (AvgIpc) is 2.66. The first-order chi connectivity index (χ1) is 8.74. The summed E-state index contributed by atoms with van der Waals surface area (Å²) in [6.45, 7) is 1.47. The molecule has 3 N–H and O–H groups in total. The van der Waals surface area contributed by atoms with Crippen molar-refractivity contribution in [2.75, 3.05) is 6.54 Å². The van der Waals surface area contributed by atoms with E-state index in [-0.39, 0.29) is 11.9 Å². The van der Waals surface area contributed by atoms with Crippen molar-refractivity contribution in [3.05, 3.63) is 35.0 Å². The third-order valence-corrected chi connectivity index (χ3v) is 3.62. The second-order valence-electron chi connectivity index (χ2n) is 4.53. The summed E-state index contributed by atoms with van der Waals surface area (Å²) in [5, 5.41) is 7.70. The molecule has 0 aliphatic carbocycles. The van der Waals surface area contributed by atoms with Gasteiger partial charge in [-0.3, -0.25) is 4.79 Å². The number of aromatic nitrogens is 1. The van der Waals surface area contributed by atoms with E-state index in [1.165, 1.54) is 0 Å². The highest BCUT2D eigenvalue weighted by atomic mass is 35.5. The summed E-state index contributed by atoms with van der Waals surface area (Å²) < 4.78 is 0. The summed E-state index contributed by atoms with van der Waals surface area (Å²) in [7, 11) is 0. The van der Waals surface area contributed by atoms with E-state index >= 15 is 0 Å². The molecule has 5 heteroatoms. The maximum Gasteiger partial charge on any atom is 0.237 e. The number of amides is 1. The zero-order valence-electron chi connectivity index (χ0n) is 9.79. The number of hydrogen-bond acceptors (Lipinski definition) is 2. The van der Waals surface area contributed by atoms with Crippen molar-refractivity contribution < 1.29 is 4.79 Å². The third-order valence-electron chi connectivity index (χ3n) is 3.30. The highest BCUT2D eigenvalue weighted by Gasteiger charge is 2.23. The van der Waals surface area contributed by atoms with Gasteiger partial charge in [0.05, 0.1) is 11.1 Å². The average molecular weight is 264 g/mol. The molecular weight excluding hydrogens is 250 g/mol. The molecule has 1 atom stereocenters. The van der Waals surface area contributed by atoms with Crippen LogP contribution in [0.25, 0.3) is 10.9 Å². The normalized spacial score (nSPS) is 18.6. The number of hydrogen-bond donors (Lipinski definition) is 3. The van der Waals surface area contributed by atoms with Gasteiger partial charge in [-0.2, -0.15) is 0 Å². The Bertz CT molecular complexity index is 589. The highest BCUT2D eigenvalue weighted by molar-refractivity contribution is 6.35. The van der Waals surface area contributed by atoms with Gasteiger partial charge in [0, 0.05) is 23.6 Å². The van der Waals surface area contributed by atoms with Gasteiger partial charge in [-0.25, -0.2) is 0 Å². The van der Waals surface area contributed by atoms with E-state index in [0.717, 1.165) is 29.4 Å². The van der Waals surface area contributed by atoms with Gasteiger partial charge in [0.1, 0.15) is 0 Å². The Morgan fingerprint density at radius 1 is 1.50 bits per heavy atom. The Hall–Kier alpha value is -1.52. The van der Waals surface area contributed by atoms with Crippen LogP contribution in [0.5, 0.6) is 0 Å². The summed E-state index contributed by atoms with van der Waals surface area (Å²) in [5.74, 6) is 0.0708. The zero-order valence-corrected chi connectivity index (χ0v) is 10.6. The molecule has 18 heavy (non-hydrogen) atoms. The number of carbonyl (C=O) groups is 1. The van der Waals surface area contributed by atoms with Crippen molar-refractivity contribution >= 4 is 28.4 Å². The van der Waals surface area contributed by atoms with Crippen LogP contribution in [0.2, 0.25) is 5.02 Å². The van der Waals surface area contributed by atoms with Crippen molar-refractivity contribution in [1.82, 2.24) is 15.6 Å². The van der Waals surface area contributed by atoms with Crippen LogP contribution < -0.4 is 10.6 Å². The lowest BCUT2D eigenvalue weighted by Crippen LogP contribution is -2.52. The molecule has 0 saturated carbocycles. The Labute approximate surface area is 110 Å². The lowest BCUT2D eigenvalue weighted by atomic mass is 10.1. The van der Waals surface area contributed by atoms with Crippen LogP contribution in [0, 0.1) is 0 Å². The number of aromatic amines is 1. The monoisotopic (exact) mass is 263 g/mol. The van der Waals surface area contributed by atoms with Gasteiger partial charge >= 0.3 is 0 Å². The van der Waals surface area contributed by atoms with Crippen LogP contribution in [0.4, 0.5) is 0 Å². The van der Waals surface area contributed by atoms with Gasteiger partial charge < -0.3 is 15.6 Å². The molecule has 2 aromatic rings. The zero-order chi connectivity index (χ0) is 12.5. The molecule has 94 valence electrons. The molecule has 0 spiro atoms. The lowest BCUT2D eigenvalue weighted by Gasteiger charge is -2.26. The molecule has 1 aliphatic heterocycles.